The first-order valence-corrected chi connectivity index (χ1v) is 6.28. The molecule has 0 saturated heterocycles. The molecule has 2 aromatic rings. The second kappa shape index (κ2) is 5.40. The van der Waals surface area contributed by atoms with Crippen LogP contribution >= 0.6 is 0 Å². The lowest BCUT2D eigenvalue weighted by molar-refractivity contribution is -0.137. The lowest BCUT2D eigenvalue weighted by atomic mass is 9.98. The van der Waals surface area contributed by atoms with Gasteiger partial charge in [-0.3, -0.25) is 4.79 Å². The first-order chi connectivity index (χ1) is 9.39. The molecule has 0 unspecified atom stereocenters. The highest BCUT2D eigenvalue weighted by atomic mass is 19.1. The Bertz CT molecular complexity index is 643. The number of nitrogens with one attached hydrogen (secondary N) is 1. The van der Waals surface area contributed by atoms with Crippen molar-refractivity contribution >= 4 is 22.7 Å². The Balaban J connectivity index is 2.29. The number of aromatic nitrogens is 2. The molecule has 2 rings (SSSR count). The Morgan fingerprint density at radius 1 is 1.40 bits per heavy atom. The van der Waals surface area contributed by atoms with Crippen LogP contribution < -0.4 is 5.32 Å². The molecule has 0 amide bonds. The number of hydrogen-bond donors (Lipinski definition) is 2. The van der Waals surface area contributed by atoms with Gasteiger partial charge in [-0.25, -0.2) is 14.4 Å². The maximum Gasteiger partial charge on any atom is 0.303 e. The number of nitrogens with zero attached hydrogens (tertiary/aromatic N) is 2. The molecule has 0 aliphatic heterocycles. The Kier molecular flexibility index (Phi) is 3.83. The number of aliphatic carboxylic acids is 1. The molecular weight excluding hydrogens is 261 g/mol. The molecule has 2 N–H and O–H groups in total. The predicted octanol–water partition coefficient (Wildman–Crippen LogP) is 2.82. The molecule has 0 saturated carbocycles. The third-order valence-corrected chi connectivity index (χ3v) is 3.04. The number of carbonyl (C=O) groups is 1. The van der Waals surface area contributed by atoms with Crippen LogP contribution in [0.25, 0.3) is 10.9 Å². The summed E-state index contributed by atoms with van der Waals surface area (Å²) < 4.78 is 13.7. The van der Waals surface area contributed by atoms with Gasteiger partial charge < -0.3 is 10.4 Å². The number of fused-ring (bicyclic) bond motifs is 1. The van der Waals surface area contributed by atoms with E-state index >= 15 is 0 Å². The lowest BCUT2D eigenvalue weighted by Crippen LogP contribution is -2.32. The van der Waals surface area contributed by atoms with Gasteiger partial charge in [-0.15, -0.1) is 0 Å². The molecule has 0 fully saturated rings. The van der Waals surface area contributed by atoms with Crippen molar-refractivity contribution in [1.82, 2.24) is 9.97 Å². The van der Waals surface area contributed by atoms with E-state index in [0.717, 1.165) is 0 Å². The molecule has 6 heteroatoms. The number of carboxylic acid groups (broad SMARTS) is 1. The summed E-state index contributed by atoms with van der Waals surface area (Å²) in [7, 11) is 0. The topological polar surface area (TPSA) is 75.1 Å². The van der Waals surface area contributed by atoms with Crippen LogP contribution in [0.3, 0.4) is 0 Å². The summed E-state index contributed by atoms with van der Waals surface area (Å²) in [4.78, 5) is 18.7. The van der Waals surface area contributed by atoms with Gasteiger partial charge in [-0.2, -0.15) is 0 Å². The molecule has 0 bridgehead atoms. The van der Waals surface area contributed by atoms with Crippen molar-refractivity contribution < 1.29 is 14.3 Å². The van der Waals surface area contributed by atoms with E-state index < -0.39 is 17.3 Å². The van der Waals surface area contributed by atoms with Gasteiger partial charge in [0.05, 0.1) is 0 Å². The van der Waals surface area contributed by atoms with Crippen LogP contribution in [0.4, 0.5) is 10.2 Å². The van der Waals surface area contributed by atoms with Crippen LogP contribution in [-0.2, 0) is 4.79 Å². The summed E-state index contributed by atoms with van der Waals surface area (Å²) in [5.74, 6) is -0.750. The highest BCUT2D eigenvalue weighted by Crippen LogP contribution is 2.25. The van der Waals surface area contributed by atoms with E-state index in [2.05, 4.69) is 15.3 Å². The Labute approximate surface area is 115 Å². The second-order valence-corrected chi connectivity index (χ2v) is 5.26. The van der Waals surface area contributed by atoms with Crippen LogP contribution in [0.5, 0.6) is 0 Å². The summed E-state index contributed by atoms with van der Waals surface area (Å²) in [6.45, 7) is 3.76. The first-order valence-electron chi connectivity index (χ1n) is 6.28. The fourth-order valence-electron chi connectivity index (χ4n) is 1.95. The largest absolute Gasteiger partial charge is 0.481 e. The van der Waals surface area contributed by atoms with E-state index in [1.807, 2.05) is 13.8 Å². The van der Waals surface area contributed by atoms with E-state index in [0.29, 0.717) is 17.6 Å². The van der Waals surface area contributed by atoms with Gasteiger partial charge in [-0.05, 0) is 32.4 Å². The zero-order chi connectivity index (χ0) is 14.8. The van der Waals surface area contributed by atoms with E-state index in [-0.39, 0.29) is 11.9 Å². The summed E-state index contributed by atoms with van der Waals surface area (Å²) in [6.07, 6.45) is 1.78. The number of rotatable bonds is 5. The monoisotopic (exact) mass is 277 g/mol. The van der Waals surface area contributed by atoms with Crippen molar-refractivity contribution in [2.24, 2.45) is 0 Å². The molecule has 0 spiro atoms. The summed E-state index contributed by atoms with van der Waals surface area (Å²) in [5.41, 5.74) is -0.217. The van der Waals surface area contributed by atoms with E-state index in [1.54, 1.807) is 12.1 Å². The van der Waals surface area contributed by atoms with Crippen molar-refractivity contribution in [2.75, 3.05) is 5.32 Å². The molecule has 106 valence electrons. The van der Waals surface area contributed by atoms with E-state index in [9.17, 15) is 9.18 Å². The van der Waals surface area contributed by atoms with E-state index in [4.69, 9.17) is 5.11 Å². The Morgan fingerprint density at radius 3 is 2.85 bits per heavy atom. The molecule has 0 radical (unpaired) electrons. The molecule has 1 aromatic carbocycles. The van der Waals surface area contributed by atoms with Crippen molar-refractivity contribution in [3.8, 4) is 0 Å². The zero-order valence-corrected chi connectivity index (χ0v) is 11.4. The minimum atomic E-state index is -0.849. The van der Waals surface area contributed by atoms with Crippen LogP contribution in [0.1, 0.15) is 26.7 Å². The number of para-hydroxylation sites is 1. The summed E-state index contributed by atoms with van der Waals surface area (Å²) >= 11 is 0. The average Bonchev–Trinajstić information content (AvgIpc) is 2.38. The fraction of sp³-hybridized carbons (Fsp3) is 0.357. The molecule has 1 heterocycles. The standard InChI is InChI=1S/C14H16FN3O2/c1-14(2,7-6-11(19)20)18-13-9-4-3-5-10(15)12(9)16-8-17-13/h3-5,8H,6-7H2,1-2H3,(H,19,20)(H,16,17,18). The molecule has 1 aromatic heterocycles. The van der Waals surface area contributed by atoms with E-state index in [1.165, 1.54) is 12.4 Å². The number of halogens is 1. The van der Waals surface area contributed by atoms with Crippen molar-refractivity contribution in [3.05, 3.63) is 30.3 Å². The molecule has 0 atom stereocenters. The molecule has 20 heavy (non-hydrogen) atoms. The smallest absolute Gasteiger partial charge is 0.303 e. The predicted molar refractivity (Wildman–Crippen MR) is 74.1 cm³/mol. The molecule has 5 nitrogen and oxygen atoms in total. The second-order valence-electron chi connectivity index (χ2n) is 5.26. The highest BCUT2D eigenvalue weighted by molar-refractivity contribution is 5.89. The van der Waals surface area contributed by atoms with Gasteiger partial charge >= 0.3 is 5.97 Å². The molecule has 0 aliphatic rings. The normalized spacial score (nSPS) is 11.6. The minimum absolute atomic E-state index is 0.0530. The third kappa shape index (κ3) is 3.20. The SMILES string of the molecule is CC(C)(CCC(=O)O)Nc1ncnc2c(F)cccc12. The summed E-state index contributed by atoms with van der Waals surface area (Å²) in [5, 5.41) is 12.5. The van der Waals surface area contributed by atoms with Crippen LogP contribution in [0, 0.1) is 5.82 Å². The van der Waals surface area contributed by atoms with Crippen LogP contribution in [-0.4, -0.2) is 26.6 Å². The maximum atomic E-state index is 13.7. The van der Waals surface area contributed by atoms with Gasteiger partial charge in [0, 0.05) is 17.3 Å². The van der Waals surface area contributed by atoms with Gasteiger partial charge in [0.2, 0.25) is 0 Å². The number of hydrogen-bond acceptors (Lipinski definition) is 4. The van der Waals surface area contributed by atoms with Crippen LogP contribution in [0.2, 0.25) is 0 Å². The Morgan fingerprint density at radius 2 is 2.15 bits per heavy atom. The minimum Gasteiger partial charge on any atom is -0.481 e. The lowest BCUT2D eigenvalue weighted by Gasteiger charge is -2.26. The quantitative estimate of drug-likeness (QED) is 0.879. The number of anilines is 1. The average molecular weight is 277 g/mol. The van der Waals surface area contributed by atoms with Crippen molar-refractivity contribution in [2.45, 2.75) is 32.2 Å². The fourth-order valence-corrected chi connectivity index (χ4v) is 1.95. The summed E-state index contributed by atoms with van der Waals surface area (Å²) in [6, 6.07) is 4.67. The Hall–Kier alpha value is -2.24. The molecular formula is C14H16FN3O2. The maximum absolute atomic E-state index is 13.7. The van der Waals surface area contributed by atoms with Gasteiger partial charge in [0.25, 0.3) is 0 Å². The zero-order valence-electron chi connectivity index (χ0n) is 11.4. The number of carboxylic acids is 1. The highest BCUT2D eigenvalue weighted by Gasteiger charge is 2.20. The van der Waals surface area contributed by atoms with Crippen molar-refractivity contribution in [1.29, 1.82) is 0 Å². The first kappa shape index (κ1) is 14.2. The third-order valence-electron chi connectivity index (χ3n) is 3.04. The van der Waals surface area contributed by atoms with Crippen molar-refractivity contribution in [3.63, 3.8) is 0 Å². The number of benzene rings is 1. The van der Waals surface area contributed by atoms with Gasteiger partial charge in [0.1, 0.15) is 23.5 Å². The molecule has 0 aliphatic carbocycles. The van der Waals surface area contributed by atoms with Crippen LogP contribution in [0.15, 0.2) is 24.5 Å². The van der Waals surface area contributed by atoms with Gasteiger partial charge in [-0.1, -0.05) is 6.07 Å². The van der Waals surface area contributed by atoms with Gasteiger partial charge in [0.15, 0.2) is 0 Å².